The molecule has 90 valence electrons. The molecule has 1 aromatic heterocycles. The maximum absolute atomic E-state index is 11.7. The van der Waals surface area contributed by atoms with Crippen molar-refractivity contribution in [3.8, 4) is 0 Å². The molecule has 1 atom stereocenters. The van der Waals surface area contributed by atoms with Crippen molar-refractivity contribution >= 4 is 29.2 Å². The Morgan fingerprint density at radius 2 is 2.29 bits per heavy atom. The lowest BCUT2D eigenvalue weighted by Gasteiger charge is -2.15. The van der Waals surface area contributed by atoms with Crippen LogP contribution in [0, 0.1) is 12.8 Å². The zero-order chi connectivity index (χ0) is 12.6. The minimum Gasteiger partial charge on any atom is -0.369 e. The average molecular weight is 255 g/mol. The summed E-state index contributed by atoms with van der Waals surface area (Å²) in [7, 11) is 0. The number of aromatic nitrogens is 2. The predicted molar refractivity (Wildman–Crippen MR) is 61.4 cm³/mol. The molecule has 2 heterocycles. The number of rotatable bonds is 2. The van der Waals surface area contributed by atoms with Gasteiger partial charge in [-0.3, -0.25) is 14.5 Å². The standard InChI is InChI=1S/C10H11ClN4O2/c1-5-13-7(11)3-8(14-5)15-4-6(10(12)17)2-9(15)16/h3,6H,2,4H2,1H3,(H2,12,17). The van der Waals surface area contributed by atoms with E-state index in [9.17, 15) is 9.59 Å². The van der Waals surface area contributed by atoms with Gasteiger partial charge in [0, 0.05) is 19.0 Å². The molecule has 2 amide bonds. The maximum atomic E-state index is 11.7. The Hall–Kier alpha value is -1.69. The van der Waals surface area contributed by atoms with E-state index in [2.05, 4.69) is 9.97 Å². The highest BCUT2D eigenvalue weighted by Crippen LogP contribution is 2.24. The number of primary amides is 1. The van der Waals surface area contributed by atoms with Crippen molar-refractivity contribution in [2.75, 3.05) is 11.4 Å². The fourth-order valence-corrected chi connectivity index (χ4v) is 1.99. The molecule has 2 N–H and O–H groups in total. The van der Waals surface area contributed by atoms with Gasteiger partial charge in [0.25, 0.3) is 0 Å². The van der Waals surface area contributed by atoms with Crippen molar-refractivity contribution in [2.24, 2.45) is 11.7 Å². The first kappa shape index (κ1) is 11.8. The summed E-state index contributed by atoms with van der Waals surface area (Å²) in [6.07, 6.45) is 0.121. The molecule has 0 saturated carbocycles. The van der Waals surface area contributed by atoms with Crippen LogP contribution >= 0.6 is 11.6 Å². The van der Waals surface area contributed by atoms with Crippen molar-refractivity contribution in [2.45, 2.75) is 13.3 Å². The molecule has 1 aromatic rings. The third-order valence-electron chi connectivity index (χ3n) is 2.60. The molecular weight excluding hydrogens is 244 g/mol. The Morgan fingerprint density at radius 1 is 1.59 bits per heavy atom. The predicted octanol–water partition coefficient (Wildman–Crippen LogP) is 0.277. The molecule has 0 radical (unpaired) electrons. The van der Waals surface area contributed by atoms with Crippen LogP contribution in [0.3, 0.4) is 0 Å². The van der Waals surface area contributed by atoms with Gasteiger partial charge in [0.2, 0.25) is 11.8 Å². The van der Waals surface area contributed by atoms with Crippen molar-refractivity contribution < 1.29 is 9.59 Å². The highest BCUT2D eigenvalue weighted by Gasteiger charge is 2.34. The third kappa shape index (κ3) is 2.36. The highest BCUT2D eigenvalue weighted by molar-refractivity contribution is 6.29. The van der Waals surface area contributed by atoms with E-state index in [1.165, 1.54) is 11.0 Å². The Balaban J connectivity index is 2.28. The number of hydrogen-bond donors (Lipinski definition) is 1. The summed E-state index contributed by atoms with van der Waals surface area (Å²) in [6.45, 7) is 1.93. The summed E-state index contributed by atoms with van der Waals surface area (Å²) in [6, 6.07) is 1.50. The summed E-state index contributed by atoms with van der Waals surface area (Å²) in [4.78, 5) is 32.2. The topological polar surface area (TPSA) is 89.2 Å². The number of amides is 2. The molecule has 6 nitrogen and oxygen atoms in total. The first-order chi connectivity index (χ1) is 7.97. The third-order valence-corrected chi connectivity index (χ3v) is 2.79. The Labute approximate surface area is 103 Å². The lowest BCUT2D eigenvalue weighted by molar-refractivity contribution is -0.123. The monoisotopic (exact) mass is 254 g/mol. The number of carbonyl (C=O) groups is 2. The van der Waals surface area contributed by atoms with Crippen molar-refractivity contribution in [1.82, 2.24) is 9.97 Å². The van der Waals surface area contributed by atoms with Gasteiger partial charge >= 0.3 is 0 Å². The van der Waals surface area contributed by atoms with Crippen LogP contribution in [0.5, 0.6) is 0 Å². The van der Waals surface area contributed by atoms with Crippen molar-refractivity contribution in [3.63, 3.8) is 0 Å². The van der Waals surface area contributed by atoms with Crippen molar-refractivity contribution in [3.05, 3.63) is 17.0 Å². The van der Waals surface area contributed by atoms with Gasteiger partial charge in [-0.25, -0.2) is 9.97 Å². The molecule has 7 heteroatoms. The largest absolute Gasteiger partial charge is 0.369 e. The zero-order valence-electron chi connectivity index (χ0n) is 9.18. The first-order valence-electron chi connectivity index (χ1n) is 5.08. The number of carbonyl (C=O) groups excluding carboxylic acids is 2. The Kier molecular flexibility index (Phi) is 2.97. The van der Waals surface area contributed by atoms with E-state index < -0.39 is 11.8 Å². The van der Waals surface area contributed by atoms with Gasteiger partial charge in [0.1, 0.15) is 16.8 Å². The van der Waals surface area contributed by atoms with E-state index in [-0.39, 0.29) is 24.0 Å². The fourth-order valence-electron chi connectivity index (χ4n) is 1.77. The summed E-state index contributed by atoms with van der Waals surface area (Å²) < 4.78 is 0. The smallest absolute Gasteiger partial charge is 0.229 e. The number of nitrogens with zero attached hydrogens (tertiary/aromatic N) is 3. The molecular formula is C10H11ClN4O2. The minimum absolute atomic E-state index is 0.121. The highest BCUT2D eigenvalue weighted by atomic mass is 35.5. The summed E-state index contributed by atoms with van der Waals surface area (Å²) >= 11 is 5.79. The zero-order valence-corrected chi connectivity index (χ0v) is 9.94. The van der Waals surface area contributed by atoms with Gasteiger partial charge < -0.3 is 5.73 Å². The molecule has 1 aliphatic rings. The van der Waals surface area contributed by atoms with Gasteiger partial charge in [-0.2, -0.15) is 0 Å². The van der Waals surface area contributed by atoms with Crippen LogP contribution in [-0.2, 0) is 9.59 Å². The van der Waals surface area contributed by atoms with Gasteiger partial charge in [-0.15, -0.1) is 0 Å². The van der Waals surface area contributed by atoms with Crippen LogP contribution in [0.4, 0.5) is 5.82 Å². The van der Waals surface area contributed by atoms with Gasteiger partial charge in [0.05, 0.1) is 5.92 Å². The molecule has 1 saturated heterocycles. The van der Waals surface area contributed by atoms with E-state index in [0.717, 1.165) is 0 Å². The molecule has 0 bridgehead atoms. The minimum atomic E-state index is -0.474. The summed E-state index contributed by atoms with van der Waals surface area (Å²) in [5, 5.41) is 0.267. The SMILES string of the molecule is Cc1nc(Cl)cc(N2CC(C(N)=O)CC2=O)n1. The number of halogens is 1. The maximum Gasteiger partial charge on any atom is 0.229 e. The first-order valence-corrected chi connectivity index (χ1v) is 5.46. The second-order valence-corrected chi connectivity index (χ2v) is 4.29. The summed E-state index contributed by atoms with van der Waals surface area (Å²) in [5.41, 5.74) is 5.18. The lowest BCUT2D eigenvalue weighted by Crippen LogP contribution is -2.29. The van der Waals surface area contributed by atoms with Crippen LogP contribution < -0.4 is 10.6 Å². The molecule has 2 rings (SSSR count). The number of hydrogen-bond acceptors (Lipinski definition) is 4. The second-order valence-electron chi connectivity index (χ2n) is 3.90. The molecule has 17 heavy (non-hydrogen) atoms. The van der Waals surface area contributed by atoms with Crippen LogP contribution in [0.2, 0.25) is 5.15 Å². The van der Waals surface area contributed by atoms with Gasteiger partial charge in [-0.05, 0) is 6.92 Å². The van der Waals surface area contributed by atoms with E-state index in [4.69, 9.17) is 17.3 Å². The van der Waals surface area contributed by atoms with Crippen LogP contribution in [0.1, 0.15) is 12.2 Å². The molecule has 0 spiro atoms. The quantitative estimate of drug-likeness (QED) is 0.768. The molecule has 1 fully saturated rings. The van der Waals surface area contributed by atoms with Crippen molar-refractivity contribution in [1.29, 1.82) is 0 Å². The fraction of sp³-hybridized carbons (Fsp3) is 0.400. The van der Waals surface area contributed by atoms with E-state index in [1.54, 1.807) is 6.92 Å². The Bertz CT molecular complexity index is 471. The second kappa shape index (κ2) is 4.29. The molecule has 1 unspecified atom stereocenters. The number of aryl methyl sites for hydroxylation is 1. The van der Waals surface area contributed by atoms with E-state index in [0.29, 0.717) is 11.6 Å². The van der Waals surface area contributed by atoms with Gasteiger partial charge in [0.15, 0.2) is 0 Å². The average Bonchev–Trinajstić information content (AvgIpc) is 2.59. The van der Waals surface area contributed by atoms with E-state index >= 15 is 0 Å². The Morgan fingerprint density at radius 3 is 2.82 bits per heavy atom. The summed E-state index contributed by atoms with van der Waals surface area (Å²) in [5.74, 6) is -0.226. The van der Waals surface area contributed by atoms with Crippen LogP contribution in [-0.4, -0.2) is 28.3 Å². The lowest BCUT2D eigenvalue weighted by atomic mass is 10.1. The van der Waals surface area contributed by atoms with Crippen LogP contribution in [0.15, 0.2) is 6.07 Å². The molecule has 0 aliphatic carbocycles. The molecule has 1 aliphatic heterocycles. The number of nitrogens with two attached hydrogens (primary N) is 1. The van der Waals surface area contributed by atoms with E-state index in [1.807, 2.05) is 0 Å². The molecule has 0 aromatic carbocycles. The van der Waals surface area contributed by atoms with Crippen LogP contribution in [0.25, 0.3) is 0 Å². The van der Waals surface area contributed by atoms with Gasteiger partial charge in [-0.1, -0.05) is 11.6 Å². The number of anilines is 1. The normalized spacial score (nSPS) is 19.8.